The van der Waals surface area contributed by atoms with Gasteiger partial charge in [0.15, 0.2) is 0 Å². The van der Waals surface area contributed by atoms with Gasteiger partial charge in [-0.15, -0.1) is 0 Å². The highest BCUT2D eigenvalue weighted by Crippen LogP contribution is 2.29. The van der Waals surface area contributed by atoms with Crippen molar-refractivity contribution in [2.24, 2.45) is 0 Å². The average Bonchev–Trinajstić information content (AvgIpc) is 2.68. The van der Waals surface area contributed by atoms with E-state index in [0.29, 0.717) is 27.0 Å². The number of halogens is 1. The van der Waals surface area contributed by atoms with Crippen LogP contribution in [-0.4, -0.2) is 24.0 Å². The molecule has 3 aromatic rings. The zero-order valence-corrected chi connectivity index (χ0v) is 14.7. The van der Waals surface area contributed by atoms with Crippen LogP contribution >= 0.6 is 11.6 Å². The van der Waals surface area contributed by atoms with Crippen LogP contribution in [-0.2, 0) is 11.3 Å². The Labute approximate surface area is 154 Å². The van der Waals surface area contributed by atoms with E-state index in [2.05, 4.69) is 15.0 Å². The van der Waals surface area contributed by atoms with Crippen LogP contribution in [0.4, 0.5) is 5.69 Å². The summed E-state index contributed by atoms with van der Waals surface area (Å²) in [5.41, 5.74) is 7.97. The monoisotopic (exact) mass is 369 g/mol. The fourth-order valence-electron chi connectivity index (χ4n) is 2.59. The molecule has 0 aliphatic heterocycles. The van der Waals surface area contributed by atoms with Gasteiger partial charge in [-0.3, -0.25) is 9.78 Å². The van der Waals surface area contributed by atoms with Crippen molar-refractivity contribution in [2.45, 2.75) is 6.54 Å². The second kappa shape index (κ2) is 7.41. The molecule has 0 bridgehead atoms. The average molecular weight is 370 g/mol. The molecule has 26 heavy (non-hydrogen) atoms. The molecule has 0 spiro atoms. The molecule has 0 saturated heterocycles. The number of pyridine rings is 1. The van der Waals surface area contributed by atoms with Crippen molar-refractivity contribution in [3.8, 4) is 0 Å². The first-order chi connectivity index (χ1) is 12.5. The van der Waals surface area contributed by atoms with Crippen molar-refractivity contribution in [1.29, 1.82) is 0 Å². The Hall–Kier alpha value is -3.12. The molecule has 3 rings (SSSR count). The van der Waals surface area contributed by atoms with E-state index in [0.717, 1.165) is 5.56 Å². The summed E-state index contributed by atoms with van der Waals surface area (Å²) in [4.78, 5) is 28.2. The summed E-state index contributed by atoms with van der Waals surface area (Å²) >= 11 is 6.24. The van der Waals surface area contributed by atoms with Crippen LogP contribution in [0.25, 0.3) is 10.8 Å². The first kappa shape index (κ1) is 17.7. The number of carbonyl (C=O) groups is 2. The summed E-state index contributed by atoms with van der Waals surface area (Å²) in [6, 6.07) is 11.8. The minimum Gasteiger partial charge on any atom is -0.465 e. The van der Waals surface area contributed by atoms with Gasteiger partial charge in [0, 0.05) is 29.2 Å². The number of nitrogens with one attached hydrogen (secondary N) is 1. The van der Waals surface area contributed by atoms with Crippen molar-refractivity contribution in [2.75, 3.05) is 12.8 Å². The Bertz CT molecular complexity index is 987. The standard InChI is InChI=1S/C19H16ClN3O3/c1-26-19(25)12-4-2-11(3-5-12)10-23-18(24)17-16-13(8-9-22-17)15(21)7-6-14(16)20/h2-9H,10,21H2,1H3,(H,23,24). The van der Waals surface area contributed by atoms with Gasteiger partial charge < -0.3 is 15.8 Å². The summed E-state index contributed by atoms with van der Waals surface area (Å²) in [5, 5.41) is 4.41. The maximum Gasteiger partial charge on any atom is 0.337 e. The number of ether oxygens (including phenoxy) is 1. The molecule has 0 fully saturated rings. The summed E-state index contributed by atoms with van der Waals surface area (Å²) < 4.78 is 4.65. The topological polar surface area (TPSA) is 94.3 Å². The maximum absolute atomic E-state index is 12.6. The number of nitrogens with two attached hydrogens (primary N) is 1. The number of carbonyl (C=O) groups excluding carboxylic acids is 2. The van der Waals surface area contributed by atoms with Crippen LogP contribution in [0.3, 0.4) is 0 Å². The zero-order chi connectivity index (χ0) is 18.7. The van der Waals surface area contributed by atoms with Crippen LogP contribution < -0.4 is 11.1 Å². The lowest BCUT2D eigenvalue weighted by Gasteiger charge is -2.10. The number of nitrogen functional groups attached to an aromatic ring is 1. The van der Waals surface area contributed by atoms with Crippen LogP contribution in [0.2, 0.25) is 5.02 Å². The highest BCUT2D eigenvalue weighted by molar-refractivity contribution is 6.37. The molecule has 0 radical (unpaired) electrons. The Morgan fingerprint density at radius 1 is 1.15 bits per heavy atom. The Morgan fingerprint density at radius 3 is 2.58 bits per heavy atom. The number of esters is 1. The number of fused-ring (bicyclic) bond motifs is 1. The Kier molecular flexibility index (Phi) is 5.04. The fraction of sp³-hybridized carbons (Fsp3) is 0.105. The first-order valence-corrected chi connectivity index (χ1v) is 8.17. The number of methoxy groups -OCH3 is 1. The molecule has 1 amide bonds. The number of amides is 1. The van der Waals surface area contributed by atoms with E-state index in [1.54, 1.807) is 42.5 Å². The number of hydrogen-bond acceptors (Lipinski definition) is 5. The summed E-state index contributed by atoms with van der Waals surface area (Å²) in [5.74, 6) is -0.770. The van der Waals surface area contributed by atoms with E-state index in [-0.39, 0.29) is 18.1 Å². The minimum absolute atomic E-state index is 0.214. The number of nitrogens with zero attached hydrogens (tertiary/aromatic N) is 1. The van der Waals surface area contributed by atoms with E-state index in [9.17, 15) is 9.59 Å². The second-order valence-electron chi connectivity index (χ2n) is 5.59. The summed E-state index contributed by atoms with van der Waals surface area (Å²) in [6.45, 7) is 0.276. The Morgan fingerprint density at radius 2 is 1.88 bits per heavy atom. The van der Waals surface area contributed by atoms with Crippen LogP contribution in [0, 0.1) is 0 Å². The molecule has 0 unspecified atom stereocenters. The SMILES string of the molecule is COC(=O)c1ccc(CNC(=O)c2nccc3c(N)ccc(Cl)c23)cc1. The molecule has 1 aromatic heterocycles. The van der Waals surface area contributed by atoms with Gasteiger partial charge in [-0.2, -0.15) is 0 Å². The predicted molar refractivity (Wildman–Crippen MR) is 100 cm³/mol. The number of benzene rings is 2. The number of rotatable bonds is 4. The van der Waals surface area contributed by atoms with E-state index in [4.69, 9.17) is 17.3 Å². The van der Waals surface area contributed by atoms with Gasteiger partial charge in [0.1, 0.15) is 5.69 Å². The molecule has 0 atom stereocenters. The molecule has 6 nitrogen and oxygen atoms in total. The van der Waals surface area contributed by atoms with Crippen molar-refractivity contribution in [1.82, 2.24) is 10.3 Å². The molecule has 7 heteroatoms. The van der Waals surface area contributed by atoms with Gasteiger partial charge in [-0.05, 0) is 35.9 Å². The predicted octanol–water partition coefficient (Wildman–Crippen LogP) is 3.19. The highest BCUT2D eigenvalue weighted by atomic mass is 35.5. The molecule has 0 aliphatic carbocycles. The van der Waals surface area contributed by atoms with Crippen LogP contribution in [0.5, 0.6) is 0 Å². The summed E-state index contributed by atoms with van der Waals surface area (Å²) in [7, 11) is 1.32. The van der Waals surface area contributed by atoms with Crippen molar-refractivity contribution in [3.63, 3.8) is 0 Å². The second-order valence-corrected chi connectivity index (χ2v) is 6.00. The van der Waals surface area contributed by atoms with Gasteiger partial charge in [0.05, 0.1) is 17.7 Å². The third kappa shape index (κ3) is 3.45. The van der Waals surface area contributed by atoms with E-state index in [1.165, 1.54) is 13.3 Å². The lowest BCUT2D eigenvalue weighted by molar-refractivity contribution is 0.0600. The number of aromatic nitrogens is 1. The lowest BCUT2D eigenvalue weighted by atomic mass is 10.1. The van der Waals surface area contributed by atoms with Gasteiger partial charge in [-0.1, -0.05) is 23.7 Å². The minimum atomic E-state index is -0.409. The Balaban J connectivity index is 1.80. The van der Waals surface area contributed by atoms with Gasteiger partial charge in [0.2, 0.25) is 0 Å². The molecule has 132 valence electrons. The number of hydrogen-bond donors (Lipinski definition) is 2. The summed E-state index contributed by atoms with van der Waals surface area (Å²) in [6.07, 6.45) is 1.52. The molecule has 3 N–H and O–H groups in total. The van der Waals surface area contributed by atoms with E-state index < -0.39 is 5.97 Å². The maximum atomic E-state index is 12.6. The lowest BCUT2D eigenvalue weighted by Crippen LogP contribution is -2.24. The quantitative estimate of drug-likeness (QED) is 0.544. The van der Waals surface area contributed by atoms with Crippen LogP contribution in [0.1, 0.15) is 26.4 Å². The molecular weight excluding hydrogens is 354 g/mol. The molecule has 2 aromatic carbocycles. The largest absolute Gasteiger partial charge is 0.465 e. The van der Waals surface area contributed by atoms with E-state index >= 15 is 0 Å². The van der Waals surface area contributed by atoms with Crippen LogP contribution in [0.15, 0.2) is 48.7 Å². The molecule has 0 aliphatic rings. The normalized spacial score (nSPS) is 10.5. The fourth-order valence-corrected chi connectivity index (χ4v) is 2.85. The molecule has 0 saturated carbocycles. The third-order valence-electron chi connectivity index (χ3n) is 3.95. The molecular formula is C19H16ClN3O3. The van der Waals surface area contributed by atoms with Gasteiger partial charge in [-0.25, -0.2) is 4.79 Å². The molecule has 1 heterocycles. The van der Waals surface area contributed by atoms with E-state index in [1.807, 2.05) is 0 Å². The third-order valence-corrected chi connectivity index (χ3v) is 4.27. The number of anilines is 1. The first-order valence-electron chi connectivity index (χ1n) is 7.79. The van der Waals surface area contributed by atoms with Gasteiger partial charge in [0.25, 0.3) is 5.91 Å². The van der Waals surface area contributed by atoms with Crippen molar-refractivity contribution in [3.05, 3.63) is 70.5 Å². The van der Waals surface area contributed by atoms with Crippen molar-refractivity contribution < 1.29 is 14.3 Å². The van der Waals surface area contributed by atoms with Crippen molar-refractivity contribution >= 4 is 39.9 Å². The smallest absolute Gasteiger partial charge is 0.337 e. The highest BCUT2D eigenvalue weighted by Gasteiger charge is 2.15. The zero-order valence-electron chi connectivity index (χ0n) is 14.0. The van der Waals surface area contributed by atoms with Gasteiger partial charge >= 0.3 is 5.97 Å².